The zero-order valence-electron chi connectivity index (χ0n) is 17.2. The van der Waals surface area contributed by atoms with E-state index < -0.39 is 40.8 Å². The molecule has 0 saturated carbocycles. The molecule has 4 rings (SSSR count). The molecule has 0 bridgehead atoms. The van der Waals surface area contributed by atoms with Crippen molar-refractivity contribution in [2.24, 2.45) is 5.14 Å². The third kappa shape index (κ3) is 4.24. The van der Waals surface area contributed by atoms with Crippen LogP contribution in [0.5, 0.6) is 5.75 Å². The van der Waals surface area contributed by atoms with Gasteiger partial charge in [-0.15, -0.1) is 0 Å². The van der Waals surface area contributed by atoms with Crippen molar-refractivity contribution >= 4 is 33.2 Å². The van der Waals surface area contributed by atoms with Crippen LogP contribution in [0.15, 0.2) is 36.9 Å². The van der Waals surface area contributed by atoms with Crippen molar-refractivity contribution in [2.45, 2.75) is 17.9 Å². The van der Waals surface area contributed by atoms with Crippen LogP contribution in [0.4, 0.5) is 5.82 Å². The topological polar surface area (TPSA) is 201 Å². The number of aliphatic hydroxyl groups excluding tert-OH is 2. The molecule has 1 amide bonds. The van der Waals surface area contributed by atoms with Gasteiger partial charge in [-0.25, -0.2) is 20.1 Å². The molecular formula is C18H20N6O8S. The highest BCUT2D eigenvalue weighted by atomic mass is 32.2. The van der Waals surface area contributed by atoms with Gasteiger partial charge in [-0.3, -0.25) is 13.5 Å². The highest BCUT2D eigenvalue weighted by molar-refractivity contribution is 7.84. The predicted molar refractivity (Wildman–Crippen MR) is 111 cm³/mol. The zero-order valence-corrected chi connectivity index (χ0v) is 18.0. The molecular weight excluding hydrogens is 460 g/mol. The highest BCUT2D eigenvalue weighted by Gasteiger charge is 2.52. The molecule has 3 atom stereocenters. The van der Waals surface area contributed by atoms with E-state index in [-0.39, 0.29) is 29.2 Å². The van der Waals surface area contributed by atoms with Crippen molar-refractivity contribution in [3.05, 3.63) is 42.5 Å². The fraction of sp³-hybridized carbons (Fsp3) is 0.333. The maximum Gasteiger partial charge on any atom is 0.333 e. The molecule has 33 heavy (non-hydrogen) atoms. The lowest BCUT2D eigenvalue weighted by Crippen LogP contribution is -2.49. The van der Waals surface area contributed by atoms with Gasteiger partial charge in [0.15, 0.2) is 17.0 Å². The van der Waals surface area contributed by atoms with Gasteiger partial charge in [-0.2, -0.15) is 8.42 Å². The number of imidazole rings is 1. The van der Waals surface area contributed by atoms with E-state index in [1.54, 1.807) is 24.3 Å². The molecule has 15 heteroatoms. The summed E-state index contributed by atoms with van der Waals surface area (Å²) in [5, 5.41) is 28.2. The van der Waals surface area contributed by atoms with Gasteiger partial charge in [-0.05, 0) is 12.1 Å². The van der Waals surface area contributed by atoms with E-state index in [0.717, 1.165) is 6.33 Å². The van der Waals surface area contributed by atoms with Crippen LogP contribution in [-0.2, 0) is 24.9 Å². The number of nitrogens with two attached hydrogens (primary N) is 1. The summed E-state index contributed by atoms with van der Waals surface area (Å²) in [7, 11) is -2.97. The fourth-order valence-electron chi connectivity index (χ4n) is 3.49. The third-order valence-corrected chi connectivity index (χ3v) is 5.53. The summed E-state index contributed by atoms with van der Waals surface area (Å²) in [5.74, 6) is -0.145. The molecule has 1 saturated heterocycles. The number of rotatable bonds is 7. The first-order valence-corrected chi connectivity index (χ1v) is 10.9. The normalized spacial score (nSPS) is 23.0. The Labute approximate surface area is 187 Å². The molecule has 1 aliphatic heterocycles. The molecule has 0 radical (unpaired) electrons. The van der Waals surface area contributed by atoms with Gasteiger partial charge >= 0.3 is 10.3 Å². The second-order valence-electron chi connectivity index (χ2n) is 7.09. The van der Waals surface area contributed by atoms with Crippen molar-refractivity contribution < 1.29 is 37.1 Å². The Morgan fingerprint density at radius 1 is 1.33 bits per heavy atom. The van der Waals surface area contributed by atoms with Crippen LogP contribution in [0, 0.1) is 0 Å². The molecule has 1 aromatic carbocycles. The minimum absolute atomic E-state index is 0.0326. The summed E-state index contributed by atoms with van der Waals surface area (Å²) >= 11 is 0. The van der Waals surface area contributed by atoms with Crippen molar-refractivity contribution in [1.29, 1.82) is 0 Å². The minimum Gasteiger partial charge on any atom is -0.496 e. The van der Waals surface area contributed by atoms with E-state index in [1.165, 1.54) is 18.0 Å². The van der Waals surface area contributed by atoms with Crippen LogP contribution >= 0.6 is 0 Å². The highest BCUT2D eigenvalue weighted by Crippen LogP contribution is 2.35. The SMILES string of the molecule is COc1ccccc1C(=O)Nc1ncnc2c1ncn2[C@]1(COS(N)(=O)=O)OC[C@@H](O)[C@@H]1O. The molecule has 3 aromatic rings. The average molecular weight is 480 g/mol. The van der Waals surface area contributed by atoms with Gasteiger partial charge in [0, 0.05) is 0 Å². The number of hydrogen-bond acceptors (Lipinski definition) is 11. The lowest BCUT2D eigenvalue weighted by Gasteiger charge is -2.32. The van der Waals surface area contributed by atoms with Gasteiger partial charge in [0.05, 0.1) is 25.6 Å². The maximum atomic E-state index is 12.8. The molecule has 1 aliphatic rings. The second kappa shape index (κ2) is 8.62. The predicted octanol–water partition coefficient (Wildman–Crippen LogP) is -1.29. The summed E-state index contributed by atoms with van der Waals surface area (Å²) < 4.78 is 39.3. The monoisotopic (exact) mass is 480 g/mol. The van der Waals surface area contributed by atoms with Crippen molar-refractivity contribution in [1.82, 2.24) is 19.5 Å². The van der Waals surface area contributed by atoms with E-state index in [2.05, 4.69) is 24.5 Å². The molecule has 3 heterocycles. The number of anilines is 1. The van der Waals surface area contributed by atoms with Crippen LogP contribution in [0.3, 0.4) is 0 Å². The van der Waals surface area contributed by atoms with Crippen LogP contribution < -0.4 is 15.2 Å². The molecule has 0 aliphatic carbocycles. The van der Waals surface area contributed by atoms with E-state index in [4.69, 9.17) is 14.6 Å². The van der Waals surface area contributed by atoms with E-state index >= 15 is 0 Å². The standard InChI is InChI=1S/C18H20N6O8S/c1-30-12-5-3-2-4-10(12)17(27)23-15-13-16(21-8-20-15)24(9-22-13)18(7-32-33(19,28)29)14(26)11(25)6-31-18/h2-5,8-9,11,14,25-26H,6-7H2,1H3,(H2,19,28,29)(H,20,21,23,27)/t11-,14+,18-/m1/s1. The van der Waals surface area contributed by atoms with Crippen LogP contribution in [0.2, 0.25) is 0 Å². The lowest BCUT2D eigenvalue weighted by atomic mass is 10.1. The molecule has 1 fully saturated rings. The quantitative estimate of drug-likeness (QED) is 0.313. The first-order chi connectivity index (χ1) is 15.7. The van der Waals surface area contributed by atoms with Gasteiger partial charge in [0.25, 0.3) is 5.91 Å². The Bertz CT molecular complexity index is 1300. The average Bonchev–Trinajstić information content (AvgIpc) is 3.35. The van der Waals surface area contributed by atoms with Gasteiger partial charge in [0.2, 0.25) is 5.72 Å². The van der Waals surface area contributed by atoms with E-state index in [0.29, 0.717) is 5.75 Å². The Balaban J connectivity index is 1.74. The smallest absolute Gasteiger partial charge is 0.333 e. The molecule has 176 valence electrons. The molecule has 5 N–H and O–H groups in total. The Morgan fingerprint density at radius 3 is 2.76 bits per heavy atom. The van der Waals surface area contributed by atoms with Crippen molar-refractivity contribution in [3.63, 3.8) is 0 Å². The first kappa shape index (κ1) is 23.0. The molecule has 0 spiro atoms. The first-order valence-electron chi connectivity index (χ1n) is 9.46. The van der Waals surface area contributed by atoms with E-state index in [1.807, 2.05) is 0 Å². The maximum absolute atomic E-state index is 12.8. The van der Waals surface area contributed by atoms with Gasteiger partial charge in [0.1, 0.15) is 30.9 Å². The Morgan fingerprint density at radius 2 is 2.09 bits per heavy atom. The summed E-state index contributed by atoms with van der Waals surface area (Å²) in [5.41, 5.74) is -1.50. The summed E-state index contributed by atoms with van der Waals surface area (Å²) in [4.78, 5) is 25.1. The van der Waals surface area contributed by atoms with Crippen LogP contribution in [-0.4, -0.2) is 76.6 Å². The van der Waals surface area contributed by atoms with Crippen molar-refractivity contribution in [3.8, 4) is 5.75 Å². The number of fused-ring (bicyclic) bond motifs is 1. The summed E-state index contributed by atoms with van der Waals surface area (Å²) in [6.45, 7) is -1.10. The second-order valence-corrected chi connectivity index (χ2v) is 8.31. The van der Waals surface area contributed by atoms with Crippen LogP contribution in [0.1, 0.15) is 10.4 Å². The zero-order chi connectivity index (χ0) is 23.8. The lowest BCUT2D eigenvalue weighted by molar-refractivity contribution is -0.143. The number of nitrogens with one attached hydrogen (secondary N) is 1. The number of benzene rings is 1. The van der Waals surface area contributed by atoms with Crippen LogP contribution in [0.25, 0.3) is 11.2 Å². The molecule has 2 aromatic heterocycles. The van der Waals surface area contributed by atoms with Gasteiger partial charge in [-0.1, -0.05) is 12.1 Å². The largest absolute Gasteiger partial charge is 0.496 e. The number of nitrogens with zero attached hydrogens (tertiary/aromatic N) is 4. The summed E-state index contributed by atoms with van der Waals surface area (Å²) in [6, 6.07) is 6.57. The number of hydrogen-bond donors (Lipinski definition) is 4. The summed E-state index contributed by atoms with van der Waals surface area (Å²) in [6.07, 6.45) is -0.646. The van der Waals surface area contributed by atoms with Gasteiger partial charge < -0.3 is 25.0 Å². The number of methoxy groups -OCH3 is 1. The number of carbonyl (C=O) groups is 1. The number of aromatic nitrogens is 4. The number of amides is 1. The number of ether oxygens (including phenoxy) is 2. The minimum atomic E-state index is -4.40. The van der Waals surface area contributed by atoms with E-state index in [9.17, 15) is 23.4 Å². The number of para-hydroxylation sites is 1. The number of aliphatic hydroxyl groups is 2. The number of carbonyl (C=O) groups excluding carboxylic acids is 1. The Kier molecular flexibility index (Phi) is 6.00. The molecule has 14 nitrogen and oxygen atoms in total. The van der Waals surface area contributed by atoms with Crippen molar-refractivity contribution in [2.75, 3.05) is 25.6 Å². The fourth-order valence-corrected chi connectivity index (χ4v) is 3.83. The third-order valence-electron chi connectivity index (χ3n) is 5.09. The molecule has 0 unspecified atom stereocenters. The Hall–Kier alpha value is -3.21.